The molecule has 0 aromatic carbocycles. The average molecular weight is 157 g/mol. The number of aliphatic imine (C=N–C) groups is 1. The summed E-state index contributed by atoms with van der Waals surface area (Å²) in [4.78, 5) is 3.72. The van der Waals surface area contributed by atoms with E-state index in [-0.39, 0.29) is 0 Å². The van der Waals surface area contributed by atoms with Gasteiger partial charge in [-0.05, 0) is 13.8 Å². The zero-order chi connectivity index (χ0) is 9.12. The predicted molar refractivity (Wildman–Crippen MR) is 44.1 cm³/mol. The molecule has 0 saturated carbocycles. The topological polar surface area (TPSA) is 114 Å². The van der Waals surface area contributed by atoms with Gasteiger partial charge in [-0.15, -0.1) is 0 Å². The number of nitrogens with two attached hydrogens (primary N) is 3. The average Bonchev–Trinajstić information content (AvgIpc) is 1.55. The molecule has 0 aliphatic heterocycles. The van der Waals surface area contributed by atoms with Crippen LogP contribution >= 0.6 is 0 Å². The van der Waals surface area contributed by atoms with Crippen molar-refractivity contribution in [3.05, 3.63) is 0 Å². The van der Waals surface area contributed by atoms with Crippen LogP contribution < -0.4 is 17.2 Å². The molecule has 0 amide bonds. The van der Waals surface area contributed by atoms with Crippen molar-refractivity contribution in [3.63, 3.8) is 0 Å². The Hall–Kier alpha value is -0.740. The first-order valence-corrected chi connectivity index (χ1v) is 3.27. The molecule has 0 aliphatic rings. The van der Waals surface area contributed by atoms with Crippen molar-refractivity contribution in [2.45, 2.75) is 31.6 Å². The van der Waals surface area contributed by atoms with Gasteiger partial charge in [0.2, 0.25) is 0 Å². The summed E-state index contributed by atoms with van der Waals surface area (Å²) in [5.41, 5.74) is 15.6. The third kappa shape index (κ3) is 5.69. The fourth-order valence-corrected chi connectivity index (χ4v) is 0.940. The van der Waals surface area contributed by atoms with Crippen LogP contribution in [0.15, 0.2) is 4.99 Å². The number of hydrogen-bond acceptors (Lipinski definition) is 5. The molecular formula is C6H15N5. The van der Waals surface area contributed by atoms with Crippen molar-refractivity contribution in [3.8, 4) is 0 Å². The van der Waals surface area contributed by atoms with Crippen molar-refractivity contribution >= 4 is 6.01 Å². The third-order valence-electron chi connectivity index (χ3n) is 1.10. The highest BCUT2D eigenvalue weighted by molar-refractivity contribution is 5.37. The quantitative estimate of drug-likeness (QED) is 0.325. The Bertz CT molecular complexity index is 172. The first kappa shape index (κ1) is 10.3. The van der Waals surface area contributed by atoms with Crippen LogP contribution in [-0.2, 0) is 0 Å². The first-order valence-electron chi connectivity index (χ1n) is 3.27. The predicted octanol–water partition coefficient (Wildman–Crippen LogP) is -0.562. The van der Waals surface area contributed by atoms with Crippen molar-refractivity contribution in [2.75, 3.05) is 0 Å². The standard InChI is InChI=1S/C6H15N5/c1-5(2,11-4-7)3-6(8,9)10/h7H,3,8-10H2,1-2H3. The van der Waals surface area contributed by atoms with Crippen LogP contribution in [0.3, 0.4) is 0 Å². The number of rotatable bonds is 3. The van der Waals surface area contributed by atoms with E-state index in [0.717, 1.165) is 0 Å². The van der Waals surface area contributed by atoms with E-state index in [4.69, 9.17) is 22.6 Å². The van der Waals surface area contributed by atoms with E-state index < -0.39 is 11.3 Å². The van der Waals surface area contributed by atoms with E-state index >= 15 is 0 Å². The molecule has 0 heterocycles. The number of hydrogen-bond donors (Lipinski definition) is 4. The summed E-state index contributed by atoms with van der Waals surface area (Å²) >= 11 is 0. The van der Waals surface area contributed by atoms with Gasteiger partial charge in [0, 0.05) is 6.42 Å². The molecular weight excluding hydrogens is 142 g/mol. The molecule has 11 heavy (non-hydrogen) atoms. The minimum Gasteiger partial charge on any atom is -0.301 e. The van der Waals surface area contributed by atoms with Crippen LogP contribution in [-0.4, -0.2) is 17.3 Å². The lowest BCUT2D eigenvalue weighted by atomic mass is 9.97. The third-order valence-corrected chi connectivity index (χ3v) is 1.10. The molecule has 0 aromatic rings. The summed E-state index contributed by atoms with van der Waals surface area (Å²) in [7, 11) is 0. The van der Waals surface area contributed by atoms with Crippen molar-refractivity contribution in [1.29, 1.82) is 5.41 Å². The maximum absolute atomic E-state index is 6.63. The van der Waals surface area contributed by atoms with Gasteiger partial charge in [-0.2, -0.15) is 0 Å². The van der Waals surface area contributed by atoms with Gasteiger partial charge in [0.1, 0.15) is 5.79 Å². The summed E-state index contributed by atoms with van der Waals surface area (Å²) in [5.74, 6) is -1.23. The normalized spacial score (nSPS) is 12.5. The molecule has 7 N–H and O–H groups in total. The van der Waals surface area contributed by atoms with Crippen LogP contribution in [0, 0.1) is 5.41 Å². The molecule has 64 valence electrons. The van der Waals surface area contributed by atoms with Crippen molar-refractivity contribution in [1.82, 2.24) is 0 Å². The fourth-order valence-electron chi connectivity index (χ4n) is 0.940. The monoisotopic (exact) mass is 157 g/mol. The van der Waals surface area contributed by atoms with Gasteiger partial charge in [0.05, 0.1) is 11.5 Å². The second kappa shape index (κ2) is 3.11. The smallest absolute Gasteiger partial charge is 0.118 e. The van der Waals surface area contributed by atoms with Crippen LogP contribution in [0.4, 0.5) is 0 Å². The highest BCUT2D eigenvalue weighted by atomic mass is 15.1. The van der Waals surface area contributed by atoms with Gasteiger partial charge in [0.25, 0.3) is 0 Å². The van der Waals surface area contributed by atoms with Gasteiger partial charge in [-0.3, -0.25) is 0 Å². The Balaban J connectivity index is 4.24. The van der Waals surface area contributed by atoms with Crippen molar-refractivity contribution in [2.24, 2.45) is 22.2 Å². The van der Waals surface area contributed by atoms with Gasteiger partial charge >= 0.3 is 0 Å². The second-order valence-electron chi connectivity index (χ2n) is 3.33. The maximum Gasteiger partial charge on any atom is 0.118 e. The zero-order valence-electron chi connectivity index (χ0n) is 6.89. The Morgan fingerprint density at radius 2 is 1.82 bits per heavy atom. The molecule has 0 bridgehead atoms. The van der Waals surface area contributed by atoms with Gasteiger partial charge in [-0.25, -0.2) is 10.4 Å². The van der Waals surface area contributed by atoms with Gasteiger partial charge < -0.3 is 17.2 Å². The molecule has 0 fully saturated rings. The van der Waals surface area contributed by atoms with E-state index in [1.54, 1.807) is 13.8 Å². The summed E-state index contributed by atoms with van der Waals surface area (Å²) in [6.45, 7) is 3.58. The van der Waals surface area contributed by atoms with Crippen LogP contribution in [0.5, 0.6) is 0 Å². The van der Waals surface area contributed by atoms with E-state index in [0.29, 0.717) is 6.42 Å². The summed E-state index contributed by atoms with van der Waals surface area (Å²) in [5, 5.41) is 6.63. The molecule has 5 heteroatoms. The number of nitrogens with zero attached hydrogens (tertiary/aromatic N) is 1. The Morgan fingerprint density at radius 3 is 2.09 bits per heavy atom. The first-order chi connectivity index (χ1) is 4.77. The Morgan fingerprint density at radius 1 is 1.36 bits per heavy atom. The molecule has 0 rings (SSSR count). The van der Waals surface area contributed by atoms with Crippen molar-refractivity contribution < 1.29 is 0 Å². The fraction of sp³-hybridized carbons (Fsp3) is 0.833. The maximum atomic E-state index is 6.63. The summed E-state index contributed by atoms with van der Waals surface area (Å²) in [6.07, 6.45) is 0.311. The highest BCUT2D eigenvalue weighted by Crippen LogP contribution is 2.15. The molecule has 5 nitrogen and oxygen atoms in total. The highest BCUT2D eigenvalue weighted by Gasteiger charge is 2.25. The molecule has 0 aliphatic carbocycles. The Labute approximate surface area is 66.2 Å². The van der Waals surface area contributed by atoms with Crippen LogP contribution in [0.1, 0.15) is 20.3 Å². The lowest BCUT2D eigenvalue weighted by molar-refractivity contribution is 0.326. The molecule has 0 aromatic heterocycles. The Kier molecular flexibility index (Phi) is 2.90. The second-order valence-corrected chi connectivity index (χ2v) is 3.33. The SMILES string of the molecule is CC(C)(CC(N)(N)N)N=C=N. The van der Waals surface area contributed by atoms with E-state index in [9.17, 15) is 0 Å². The molecule has 0 unspecified atom stereocenters. The lowest BCUT2D eigenvalue weighted by Gasteiger charge is -2.27. The lowest BCUT2D eigenvalue weighted by Crippen LogP contribution is -2.60. The van der Waals surface area contributed by atoms with Gasteiger partial charge in [0.15, 0.2) is 0 Å². The molecule has 0 radical (unpaired) electrons. The minimum absolute atomic E-state index is 0.311. The van der Waals surface area contributed by atoms with E-state index in [2.05, 4.69) is 4.99 Å². The van der Waals surface area contributed by atoms with E-state index in [1.807, 2.05) is 6.01 Å². The molecule has 0 atom stereocenters. The van der Waals surface area contributed by atoms with E-state index in [1.165, 1.54) is 0 Å². The minimum atomic E-state index is -1.23. The number of nitrogens with one attached hydrogen (secondary N) is 1. The summed E-state index contributed by atoms with van der Waals surface area (Å²) < 4.78 is 0. The zero-order valence-corrected chi connectivity index (χ0v) is 6.89. The van der Waals surface area contributed by atoms with Crippen LogP contribution in [0.25, 0.3) is 0 Å². The largest absolute Gasteiger partial charge is 0.301 e. The molecule has 0 spiro atoms. The summed E-state index contributed by atoms with van der Waals surface area (Å²) in [6, 6.07) is 1.94. The van der Waals surface area contributed by atoms with Gasteiger partial charge in [-0.1, -0.05) is 0 Å². The molecule has 0 saturated heterocycles. The van der Waals surface area contributed by atoms with Crippen LogP contribution in [0.2, 0.25) is 0 Å².